The van der Waals surface area contributed by atoms with E-state index in [1.807, 2.05) is 35.7 Å². The summed E-state index contributed by atoms with van der Waals surface area (Å²) in [6.07, 6.45) is 4.41. The maximum atomic E-state index is 12.5. The number of nitrogen functional groups attached to an aromatic ring is 1. The molecule has 2 heterocycles. The van der Waals surface area contributed by atoms with Crippen molar-refractivity contribution in [1.29, 1.82) is 0 Å². The zero-order valence-electron chi connectivity index (χ0n) is 13.6. The molecule has 0 spiro atoms. The topological polar surface area (TPSA) is 77.5 Å². The summed E-state index contributed by atoms with van der Waals surface area (Å²) in [6, 6.07) is 9.68. The summed E-state index contributed by atoms with van der Waals surface area (Å²) in [5.41, 5.74) is 8.34. The zero-order chi connectivity index (χ0) is 19.1. The van der Waals surface area contributed by atoms with E-state index in [4.69, 9.17) is 28.9 Å². The van der Waals surface area contributed by atoms with Gasteiger partial charge in [-0.15, -0.1) is 11.3 Å². The molecule has 8 heteroatoms. The van der Waals surface area contributed by atoms with Crippen molar-refractivity contribution in [2.24, 2.45) is 0 Å². The van der Waals surface area contributed by atoms with E-state index < -0.39 is 11.3 Å². The van der Waals surface area contributed by atoms with Gasteiger partial charge in [-0.05, 0) is 29.4 Å². The SMILES string of the molecule is Nc1c(C=C2C=C(Cl)C(=O)C(Cl)=C2)c(=O)nc2scc(-c3ccccc3)n12. The molecule has 27 heavy (non-hydrogen) atoms. The first-order chi connectivity index (χ1) is 13.0. The van der Waals surface area contributed by atoms with Crippen LogP contribution < -0.4 is 11.3 Å². The molecule has 0 aliphatic heterocycles. The third kappa shape index (κ3) is 3.12. The Balaban J connectivity index is 1.94. The predicted octanol–water partition coefficient (Wildman–Crippen LogP) is 4.22. The average molecular weight is 416 g/mol. The first-order valence-corrected chi connectivity index (χ1v) is 9.45. The van der Waals surface area contributed by atoms with Gasteiger partial charge in [-0.1, -0.05) is 53.5 Å². The number of hydrogen-bond acceptors (Lipinski definition) is 5. The summed E-state index contributed by atoms with van der Waals surface area (Å²) in [5.74, 6) is -0.207. The Morgan fingerprint density at radius 2 is 1.74 bits per heavy atom. The monoisotopic (exact) mass is 415 g/mol. The van der Waals surface area contributed by atoms with Gasteiger partial charge in [-0.3, -0.25) is 14.0 Å². The molecule has 2 aromatic heterocycles. The van der Waals surface area contributed by atoms with Crippen molar-refractivity contribution in [3.8, 4) is 11.3 Å². The van der Waals surface area contributed by atoms with Crippen LogP contribution in [-0.4, -0.2) is 15.2 Å². The minimum Gasteiger partial charge on any atom is -0.384 e. The first kappa shape index (κ1) is 17.7. The van der Waals surface area contributed by atoms with Crippen molar-refractivity contribution >= 4 is 57.2 Å². The largest absolute Gasteiger partial charge is 0.384 e. The Morgan fingerprint density at radius 1 is 1.07 bits per heavy atom. The summed E-state index contributed by atoms with van der Waals surface area (Å²) in [7, 11) is 0. The lowest BCUT2D eigenvalue weighted by Crippen LogP contribution is -2.16. The second-order valence-corrected chi connectivity index (χ2v) is 7.43. The molecular weight excluding hydrogens is 405 g/mol. The molecule has 2 N–H and O–H groups in total. The van der Waals surface area contributed by atoms with Gasteiger partial charge in [0.1, 0.15) is 5.82 Å². The maximum absolute atomic E-state index is 12.5. The van der Waals surface area contributed by atoms with Gasteiger partial charge in [0.25, 0.3) is 5.56 Å². The van der Waals surface area contributed by atoms with Crippen molar-refractivity contribution in [2.75, 3.05) is 5.73 Å². The molecular formula is C19H11Cl2N3O2S. The number of carbonyl (C=O) groups is 1. The second-order valence-electron chi connectivity index (χ2n) is 5.78. The number of thiazole rings is 1. The molecule has 1 aromatic carbocycles. The highest BCUT2D eigenvalue weighted by molar-refractivity contribution is 7.15. The van der Waals surface area contributed by atoms with Gasteiger partial charge >= 0.3 is 0 Å². The zero-order valence-corrected chi connectivity index (χ0v) is 16.0. The van der Waals surface area contributed by atoms with Crippen LogP contribution in [0.2, 0.25) is 0 Å². The van der Waals surface area contributed by atoms with Gasteiger partial charge in [0.15, 0.2) is 4.96 Å². The van der Waals surface area contributed by atoms with E-state index in [9.17, 15) is 9.59 Å². The van der Waals surface area contributed by atoms with Crippen LogP contribution in [0, 0.1) is 0 Å². The van der Waals surface area contributed by atoms with E-state index in [0.29, 0.717) is 10.5 Å². The van der Waals surface area contributed by atoms with Gasteiger partial charge < -0.3 is 5.73 Å². The number of allylic oxidation sites excluding steroid dienone is 5. The van der Waals surface area contributed by atoms with Crippen LogP contribution in [0.4, 0.5) is 5.82 Å². The highest BCUT2D eigenvalue weighted by Crippen LogP contribution is 2.30. The highest BCUT2D eigenvalue weighted by atomic mass is 35.5. The normalized spacial score (nSPS) is 14.3. The molecule has 1 aliphatic carbocycles. The van der Waals surface area contributed by atoms with Crippen LogP contribution in [-0.2, 0) is 4.79 Å². The van der Waals surface area contributed by atoms with Gasteiger partial charge in [-0.25, -0.2) is 0 Å². The Bertz CT molecular complexity index is 1210. The number of halogens is 2. The molecule has 4 rings (SSSR count). The fourth-order valence-electron chi connectivity index (χ4n) is 2.77. The minimum absolute atomic E-state index is 0.0260. The molecule has 0 bridgehead atoms. The number of Topliss-reactive ketones (excluding diaryl/α,β-unsaturated/α-hetero) is 1. The molecule has 0 fully saturated rings. The van der Waals surface area contributed by atoms with Crippen LogP contribution in [0.5, 0.6) is 0 Å². The molecule has 0 radical (unpaired) electrons. The number of carbonyl (C=O) groups excluding carboxylic acids is 1. The van der Waals surface area contributed by atoms with Crippen molar-refractivity contribution in [3.63, 3.8) is 0 Å². The summed E-state index contributed by atoms with van der Waals surface area (Å²) in [4.78, 5) is 28.8. The Labute approximate surface area is 167 Å². The third-order valence-electron chi connectivity index (χ3n) is 4.05. The van der Waals surface area contributed by atoms with Crippen molar-refractivity contribution in [3.05, 3.63) is 79.4 Å². The number of fused-ring (bicyclic) bond motifs is 1. The number of ketones is 1. The number of hydrogen-bond donors (Lipinski definition) is 1. The second kappa shape index (κ2) is 6.81. The van der Waals surface area contributed by atoms with E-state index in [-0.39, 0.29) is 21.4 Å². The fourth-order valence-corrected chi connectivity index (χ4v) is 4.17. The first-order valence-electron chi connectivity index (χ1n) is 7.81. The number of benzene rings is 1. The van der Waals surface area contributed by atoms with E-state index in [2.05, 4.69) is 4.98 Å². The van der Waals surface area contributed by atoms with Crippen LogP contribution in [0.15, 0.2) is 68.3 Å². The Morgan fingerprint density at radius 3 is 2.41 bits per heavy atom. The molecule has 0 unspecified atom stereocenters. The lowest BCUT2D eigenvalue weighted by Gasteiger charge is -2.10. The van der Waals surface area contributed by atoms with Crippen LogP contribution in [0.1, 0.15) is 5.56 Å². The summed E-state index contributed by atoms with van der Waals surface area (Å²) >= 11 is 13.1. The fraction of sp³-hybridized carbons (Fsp3) is 0. The van der Waals surface area contributed by atoms with Crippen molar-refractivity contribution in [2.45, 2.75) is 0 Å². The van der Waals surface area contributed by atoms with Crippen LogP contribution in [0.3, 0.4) is 0 Å². The van der Waals surface area contributed by atoms with Gasteiger partial charge in [0.05, 0.1) is 21.3 Å². The standard InChI is InChI=1S/C19H11Cl2N3O2S/c20-13-7-10(8-14(21)16(13)25)6-12-17(22)24-15(11-4-2-1-3-5-11)9-27-19(24)23-18(12)26/h1-9H,22H2. The van der Waals surface area contributed by atoms with E-state index >= 15 is 0 Å². The lowest BCUT2D eigenvalue weighted by molar-refractivity contribution is -0.111. The molecule has 1 aliphatic rings. The number of rotatable bonds is 2. The summed E-state index contributed by atoms with van der Waals surface area (Å²) < 4.78 is 1.73. The van der Waals surface area contributed by atoms with Crippen LogP contribution in [0.25, 0.3) is 22.3 Å². The minimum atomic E-state index is -0.465. The molecule has 134 valence electrons. The third-order valence-corrected chi connectivity index (χ3v) is 5.44. The van der Waals surface area contributed by atoms with Crippen LogP contribution >= 0.6 is 34.5 Å². The maximum Gasteiger partial charge on any atom is 0.283 e. The average Bonchev–Trinajstić information content (AvgIpc) is 3.07. The number of anilines is 1. The Hall–Kier alpha value is -2.67. The van der Waals surface area contributed by atoms with Crippen molar-refractivity contribution < 1.29 is 4.79 Å². The molecule has 0 saturated carbocycles. The predicted molar refractivity (Wildman–Crippen MR) is 110 cm³/mol. The molecule has 0 amide bonds. The van der Waals surface area contributed by atoms with E-state index in [1.54, 1.807) is 4.40 Å². The molecule has 0 atom stereocenters. The summed E-state index contributed by atoms with van der Waals surface area (Å²) in [6.45, 7) is 0. The van der Waals surface area contributed by atoms with Gasteiger partial charge in [0, 0.05) is 5.38 Å². The smallest absolute Gasteiger partial charge is 0.283 e. The van der Waals surface area contributed by atoms with E-state index in [0.717, 1.165) is 11.3 Å². The van der Waals surface area contributed by atoms with E-state index in [1.165, 1.54) is 29.6 Å². The van der Waals surface area contributed by atoms with Gasteiger partial charge in [-0.2, -0.15) is 4.98 Å². The quantitative estimate of drug-likeness (QED) is 0.679. The molecule has 0 saturated heterocycles. The number of nitrogens with two attached hydrogens (primary N) is 1. The van der Waals surface area contributed by atoms with Crippen molar-refractivity contribution in [1.82, 2.24) is 9.38 Å². The lowest BCUT2D eigenvalue weighted by atomic mass is 10.1. The summed E-state index contributed by atoms with van der Waals surface area (Å²) in [5, 5.41) is 1.85. The number of nitrogens with zero attached hydrogens (tertiary/aromatic N) is 2. The molecule has 5 nitrogen and oxygen atoms in total. The van der Waals surface area contributed by atoms with Gasteiger partial charge in [0.2, 0.25) is 5.78 Å². The Kier molecular flexibility index (Phi) is 4.47. The molecule has 3 aromatic rings. The highest BCUT2D eigenvalue weighted by Gasteiger charge is 2.19. The number of aromatic nitrogens is 2.